The van der Waals surface area contributed by atoms with Crippen LogP contribution in [0.25, 0.3) is 16.9 Å². The number of anilines is 2. The zero-order valence-electron chi connectivity index (χ0n) is 14.9. The predicted octanol–water partition coefficient (Wildman–Crippen LogP) is 1.92. The SMILES string of the molecule is C[C@@](O)(Nc1ncnc(N)c1C#N)c1cc2nccn2nc1-c1ccccc1. The zero-order valence-corrected chi connectivity index (χ0v) is 14.9. The number of imidazole rings is 1. The summed E-state index contributed by atoms with van der Waals surface area (Å²) in [6, 6.07) is 13.2. The minimum Gasteiger partial charge on any atom is -0.382 e. The van der Waals surface area contributed by atoms with Gasteiger partial charge in [-0.3, -0.25) is 0 Å². The molecule has 0 saturated carbocycles. The molecule has 0 aliphatic heterocycles. The monoisotopic (exact) mass is 372 g/mol. The van der Waals surface area contributed by atoms with Crippen molar-refractivity contribution in [1.29, 1.82) is 5.26 Å². The molecule has 28 heavy (non-hydrogen) atoms. The van der Waals surface area contributed by atoms with Crippen LogP contribution in [0.4, 0.5) is 11.6 Å². The topological polar surface area (TPSA) is 138 Å². The molecule has 0 unspecified atom stereocenters. The average Bonchev–Trinajstić information content (AvgIpc) is 3.15. The van der Waals surface area contributed by atoms with Gasteiger partial charge in [-0.2, -0.15) is 10.4 Å². The largest absolute Gasteiger partial charge is 0.382 e. The van der Waals surface area contributed by atoms with Gasteiger partial charge < -0.3 is 16.2 Å². The molecular formula is C19H16N8O. The van der Waals surface area contributed by atoms with Gasteiger partial charge in [0.05, 0.1) is 5.69 Å². The predicted molar refractivity (Wildman–Crippen MR) is 103 cm³/mol. The van der Waals surface area contributed by atoms with Gasteiger partial charge in [0.25, 0.3) is 0 Å². The first-order valence-electron chi connectivity index (χ1n) is 8.41. The number of nitrogens with two attached hydrogens (primary N) is 1. The molecule has 3 heterocycles. The lowest BCUT2D eigenvalue weighted by molar-refractivity contribution is 0.0885. The summed E-state index contributed by atoms with van der Waals surface area (Å²) in [7, 11) is 0. The fraction of sp³-hybridized carbons (Fsp3) is 0.105. The molecule has 0 radical (unpaired) electrons. The van der Waals surface area contributed by atoms with Crippen molar-refractivity contribution >= 4 is 17.3 Å². The lowest BCUT2D eigenvalue weighted by Crippen LogP contribution is -2.33. The van der Waals surface area contributed by atoms with Gasteiger partial charge >= 0.3 is 0 Å². The molecule has 0 fully saturated rings. The lowest BCUT2D eigenvalue weighted by Gasteiger charge is -2.28. The van der Waals surface area contributed by atoms with E-state index in [1.54, 1.807) is 29.9 Å². The first-order valence-corrected chi connectivity index (χ1v) is 8.41. The van der Waals surface area contributed by atoms with Gasteiger partial charge in [0.15, 0.2) is 17.2 Å². The molecule has 0 spiro atoms. The van der Waals surface area contributed by atoms with Crippen LogP contribution >= 0.6 is 0 Å². The normalized spacial score (nSPS) is 13.0. The quantitative estimate of drug-likeness (QED) is 0.462. The Labute approximate surface area is 160 Å². The van der Waals surface area contributed by atoms with E-state index in [1.165, 1.54) is 6.33 Å². The molecule has 1 atom stereocenters. The van der Waals surface area contributed by atoms with Gasteiger partial charge in [0.2, 0.25) is 0 Å². The first-order chi connectivity index (χ1) is 13.5. The molecule has 9 nitrogen and oxygen atoms in total. The van der Waals surface area contributed by atoms with Crippen LogP contribution in [-0.4, -0.2) is 29.7 Å². The molecule has 4 aromatic rings. The number of rotatable bonds is 4. The van der Waals surface area contributed by atoms with E-state index < -0.39 is 5.72 Å². The molecule has 138 valence electrons. The molecule has 0 saturated heterocycles. The second-order valence-corrected chi connectivity index (χ2v) is 6.29. The van der Waals surface area contributed by atoms with E-state index in [2.05, 4.69) is 25.4 Å². The van der Waals surface area contributed by atoms with Crippen LogP contribution in [0.5, 0.6) is 0 Å². The van der Waals surface area contributed by atoms with Gasteiger partial charge in [-0.15, -0.1) is 0 Å². The third-order valence-electron chi connectivity index (χ3n) is 4.31. The molecule has 0 amide bonds. The van der Waals surface area contributed by atoms with Crippen molar-refractivity contribution in [2.24, 2.45) is 0 Å². The number of nitrogens with zero attached hydrogens (tertiary/aromatic N) is 6. The molecule has 4 rings (SSSR count). The number of nitriles is 1. The lowest BCUT2D eigenvalue weighted by atomic mass is 9.98. The van der Waals surface area contributed by atoms with Gasteiger partial charge in [0.1, 0.15) is 23.8 Å². The van der Waals surface area contributed by atoms with E-state index in [4.69, 9.17) is 5.73 Å². The van der Waals surface area contributed by atoms with Crippen LogP contribution in [-0.2, 0) is 5.72 Å². The maximum absolute atomic E-state index is 11.3. The fourth-order valence-electron chi connectivity index (χ4n) is 2.94. The summed E-state index contributed by atoms with van der Waals surface area (Å²) in [6.07, 6.45) is 4.58. The molecule has 9 heteroatoms. The number of hydrogen-bond acceptors (Lipinski definition) is 8. The van der Waals surface area contributed by atoms with Gasteiger partial charge in [-0.1, -0.05) is 30.3 Å². The van der Waals surface area contributed by atoms with Crippen LogP contribution in [0.15, 0.2) is 55.1 Å². The Morgan fingerprint density at radius 2 is 2.00 bits per heavy atom. The van der Waals surface area contributed by atoms with Gasteiger partial charge in [0, 0.05) is 23.5 Å². The van der Waals surface area contributed by atoms with Crippen LogP contribution in [0.1, 0.15) is 18.1 Å². The van der Waals surface area contributed by atoms with Crippen LogP contribution in [0, 0.1) is 11.3 Å². The highest BCUT2D eigenvalue weighted by Crippen LogP contribution is 2.32. The summed E-state index contributed by atoms with van der Waals surface area (Å²) in [4.78, 5) is 12.1. The summed E-state index contributed by atoms with van der Waals surface area (Å²) >= 11 is 0. The second-order valence-electron chi connectivity index (χ2n) is 6.29. The Bertz CT molecular complexity index is 1190. The van der Waals surface area contributed by atoms with Crippen molar-refractivity contribution in [3.8, 4) is 17.3 Å². The number of hydrogen-bond donors (Lipinski definition) is 3. The summed E-state index contributed by atoms with van der Waals surface area (Å²) in [6.45, 7) is 1.55. The molecule has 0 aliphatic carbocycles. The number of aromatic nitrogens is 5. The van der Waals surface area contributed by atoms with E-state index in [-0.39, 0.29) is 17.2 Å². The number of benzene rings is 1. The number of aliphatic hydroxyl groups is 1. The average molecular weight is 372 g/mol. The minimum atomic E-state index is -1.63. The molecule has 1 aromatic carbocycles. The highest BCUT2D eigenvalue weighted by atomic mass is 16.3. The highest BCUT2D eigenvalue weighted by Gasteiger charge is 2.30. The summed E-state index contributed by atoms with van der Waals surface area (Å²) < 4.78 is 1.63. The van der Waals surface area contributed by atoms with Crippen molar-refractivity contribution in [3.05, 3.63) is 66.2 Å². The first kappa shape index (κ1) is 17.4. The Balaban J connectivity index is 1.88. The fourth-order valence-corrected chi connectivity index (χ4v) is 2.94. The summed E-state index contributed by atoms with van der Waals surface area (Å²) in [5.74, 6) is 0.156. The molecular weight excluding hydrogens is 356 g/mol. The maximum atomic E-state index is 11.3. The number of nitrogens with one attached hydrogen (secondary N) is 1. The third-order valence-corrected chi connectivity index (χ3v) is 4.31. The zero-order chi connectivity index (χ0) is 19.7. The highest BCUT2D eigenvalue weighted by molar-refractivity contribution is 5.68. The van der Waals surface area contributed by atoms with E-state index >= 15 is 0 Å². The summed E-state index contributed by atoms with van der Waals surface area (Å²) in [5.41, 5.74) is 6.59. The van der Waals surface area contributed by atoms with E-state index in [0.29, 0.717) is 16.9 Å². The van der Waals surface area contributed by atoms with Crippen molar-refractivity contribution in [2.45, 2.75) is 12.6 Å². The van der Waals surface area contributed by atoms with E-state index in [9.17, 15) is 10.4 Å². The van der Waals surface area contributed by atoms with Crippen molar-refractivity contribution in [1.82, 2.24) is 24.6 Å². The van der Waals surface area contributed by atoms with Gasteiger partial charge in [-0.25, -0.2) is 19.5 Å². The van der Waals surface area contributed by atoms with Crippen LogP contribution in [0.3, 0.4) is 0 Å². The third kappa shape index (κ3) is 2.98. The van der Waals surface area contributed by atoms with Crippen molar-refractivity contribution < 1.29 is 5.11 Å². The van der Waals surface area contributed by atoms with E-state index in [1.807, 2.05) is 36.4 Å². The second kappa shape index (κ2) is 6.61. The Morgan fingerprint density at radius 1 is 1.21 bits per heavy atom. The Hall–Kier alpha value is -4.03. The van der Waals surface area contributed by atoms with Crippen molar-refractivity contribution in [2.75, 3.05) is 11.1 Å². The van der Waals surface area contributed by atoms with E-state index in [0.717, 1.165) is 5.56 Å². The molecule has 0 bridgehead atoms. The molecule has 0 aliphatic rings. The molecule has 3 aromatic heterocycles. The standard InChI is InChI=1S/C19H16N8O/c1-19(28,25-18-13(10-20)17(21)23-11-24-18)14-9-15-22-7-8-27(15)26-16(14)12-5-3-2-4-6-12/h2-9,11,28H,1H3,(H3,21,23,24,25)/t19-/m0/s1. The molecule has 4 N–H and O–H groups in total. The van der Waals surface area contributed by atoms with Crippen LogP contribution in [0.2, 0.25) is 0 Å². The number of fused-ring (bicyclic) bond motifs is 1. The number of nitrogen functional groups attached to an aromatic ring is 1. The summed E-state index contributed by atoms with van der Waals surface area (Å²) in [5, 5.41) is 28.1. The van der Waals surface area contributed by atoms with Crippen molar-refractivity contribution in [3.63, 3.8) is 0 Å². The smallest absolute Gasteiger partial charge is 0.162 e. The maximum Gasteiger partial charge on any atom is 0.162 e. The Kier molecular flexibility index (Phi) is 4.10. The Morgan fingerprint density at radius 3 is 2.75 bits per heavy atom. The van der Waals surface area contributed by atoms with Gasteiger partial charge in [-0.05, 0) is 13.0 Å². The minimum absolute atomic E-state index is 0.0286. The van der Waals surface area contributed by atoms with Crippen LogP contribution < -0.4 is 11.1 Å².